The summed E-state index contributed by atoms with van der Waals surface area (Å²) >= 11 is 17.8. The second-order valence-corrected chi connectivity index (χ2v) is 4.34. The van der Waals surface area contributed by atoms with E-state index in [0.717, 1.165) is 0 Å². The summed E-state index contributed by atoms with van der Waals surface area (Å²) in [4.78, 5) is 7.72. The molecule has 0 saturated carbocycles. The van der Waals surface area contributed by atoms with Crippen LogP contribution in [0.4, 0.5) is 17.5 Å². The zero-order chi connectivity index (χ0) is 12.4. The van der Waals surface area contributed by atoms with Crippen LogP contribution in [0.25, 0.3) is 0 Å². The third kappa shape index (κ3) is 2.72. The number of nitrogens with zero attached hydrogens (tertiary/aromatic N) is 2. The Kier molecular flexibility index (Phi) is 3.57. The first-order valence-electron chi connectivity index (χ1n) is 4.57. The molecule has 1 aromatic heterocycles. The fourth-order valence-corrected chi connectivity index (χ4v) is 1.68. The minimum atomic E-state index is 0.120. The fraction of sp³-hybridized carbons (Fsp3) is 0. The van der Waals surface area contributed by atoms with E-state index in [0.29, 0.717) is 26.6 Å². The van der Waals surface area contributed by atoms with Crippen LogP contribution in [0.2, 0.25) is 15.1 Å². The number of halogens is 3. The van der Waals surface area contributed by atoms with Crippen LogP contribution < -0.4 is 11.1 Å². The average molecular weight is 290 g/mol. The minimum absolute atomic E-state index is 0.120. The number of hydrogen-bond donors (Lipinski definition) is 2. The molecule has 0 atom stereocenters. The van der Waals surface area contributed by atoms with Gasteiger partial charge in [0.25, 0.3) is 0 Å². The number of rotatable bonds is 2. The van der Waals surface area contributed by atoms with E-state index < -0.39 is 0 Å². The molecular formula is C10H7Cl3N4. The Morgan fingerprint density at radius 1 is 1.12 bits per heavy atom. The highest BCUT2D eigenvalue weighted by molar-refractivity contribution is 6.43. The summed E-state index contributed by atoms with van der Waals surface area (Å²) in [6, 6.07) is 5.20. The van der Waals surface area contributed by atoms with Gasteiger partial charge in [0, 0.05) is 0 Å². The lowest BCUT2D eigenvalue weighted by atomic mass is 10.3. The van der Waals surface area contributed by atoms with Gasteiger partial charge in [-0.3, -0.25) is 0 Å². The second-order valence-electron chi connectivity index (χ2n) is 3.15. The highest BCUT2D eigenvalue weighted by atomic mass is 35.5. The molecule has 4 nitrogen and oxygen atoms in total. The van der Waals surface area contributed by atoms with Crippen molar-refractivity contribution in [2.45, 2.75) is 0 Å². The number of hydrogen-bond acceptors (Lipinski definition) is 4. The lowest BCUT2D eigenvalue weighted by Crippen LogP contribution is -2.00. The van der Waals surface area contributed by atoms with E-state index >= 15 is 0 Å². The van der Waals surface area contributed by atoms with E-state index in [4.69, 9.17) is 40.5 Å². The van der Waals surface area contributed by atoms with Crippen molar-refractivity contribution in [2.75, 3.05) is 11.1 Å². The summed E-state index contributed by atoms with van der Waals surface area (Å²) in [6.45, 7) is 0. The molecular weight excluding hydrogens is 282 g/mol. The van der Waals surface area contributed by atoms with Gasteiger partial charge in [0.05, 0.1) is 21.9 Å². The highest BCUT2D eigenvalue weighted by Gasteiger charge is 2.08. The van der Waals surface area contributed by atoms with Gasteiger partial charge < -0.3 is 11.1 Å². The molecule has 1 heterocycles. The van der Waals surface area contributed by atoms with E-state index in [9.17, 15) is 0 Å². The van der Waals surface area contributed by atoms with Gasteiger partial charge in [0.1, 0.15) is 5.02 Å². The maximum Gasteiger partial charge on any atom is 0.222 e. The molecule has 1 aromatic carbocycles. The van der Waals surface area contributed by atoms with Crippen LogP contribution in [0.1, 0.15) is 0 Å². The standard InChI is InChI=1S/C10H7Cl3N4/c11-5-2-1-3-7(8(5)13)16-9-6(12)4-15-10(14)17-9/h1-4H,(H3,14,15,16,17). The van der Waals surface area contributed by atoms with Crippen LogP contribution in [0.5, 0.6) is 0 Å². The molecule has 0 saturated heterocycles. The SMILES string of the molecule is Nc1ncc(Cl)c(Nc2cccc(Cl)c2Cl)n1. The number of nitrogens with one attached hydrogen (secondary N) is 1. The molecule has 17 heavy (non-hydrogen) atoms. The molecule has 2 rings (SSSR count). The molecule has 0 aliphatic carbocycles. The Labute approximate surface area is 113 Å². The van der Waals surface area contributed by atoms with Crippen molar-refractivity contribution >= 4 is 52.3 Å². The molecule has 0 aliphatic rings. The molecule has 0 bridgehead atoms. The van der Waals surface area contributed by atoms with Gasteiger partial charge in [-0.25, -0.2) is 4.98 Å². The smallest absolute Gasteiger partial charge is 0.222 e. The predicted octanol–water partition coefficient (Wildman–Crippen LogP) is 3.76. The first-order chi connectivity index (χ1) is 8.08. The maximum absolute atomic E-state index is 6.02. The predicted molar refractivity (Wildman–Crippen MR) is 71.2 cm³/mol. The van der Waals surface area contributed by atoms with Crippen LogP contribution in [0, 0.1) is 0 Å². The lowest BCUT2D eigenvalue weighted by Gasteiger charge is -2.09. The molecule has 88 valence electrons. The Morgan fingerprint density at radius 3 is 2.65 bits per heavy atom. The van der Waals surface area contributed by atoms with E-state index in [1.165, 1.54) is 6.20 Å². The largest absolute Gasteiger partial charge is 0.368 e. The Morgan fingerprint density at radius 2 is 1.88 bits per heavy atom. The molecule has 3 N–H and O–H groups in total. The van der Waals surface area contributed by atoms with E-state index in [1.54, 1.807) is 18.2 Å². The fourth-order valence-electron chi connectivity index (χ4n) is 1.20. The first kappa shape index (κ1) is 12.2. The summed E-state index contributed by atoms with van der Waals surface area (Å²) in [7, 11) is 0. The summed E-state index contributed by atoms with van der Waals surface area (Å²) in [5, 5.41) is 4.12. The van der Waals surface area contributed by atoms with Crippen molar-refractivity contribution in [3.05, 3.63) is 39.5 Å². The molecule has 0 fully saturated rings. The number of benzene rings is 1. The summed E-state index contributed by atoms with van der Waals surface area (Å²) in [5.74, 6) is 0.499. The van der Waals surface area contributed by atoms with Crippen LogP contribution in [0.3, 0.4) is 0 Å². The zero-order valence-electron chi connectivity index (χ0n) is 8.42. The number of nitrogen functional groups attached to an aromatic ring is 1. The maximum atomic E-state index is 6.02. The van der Waals surface area contributed by atoms with Gasteiger partial charge in [-0.2, -0.15) is 4.98 Å². The van der Waals surface area contributed by atoms with Crippen LogP contribution in [0.15, 0.2) is 24.4 Å². The van der Waals surface area contributed by atoms with E-state index in [2.05, 4.69) is 15.3 Å². The van der Waals surface area contributed by atoms with E-state index in [-0.39, 0.29) is 5.95 Å². The highest BCUT2D eigenvalue weighted by Crippen LogP contribution is 2.32. The monoisotopic (exact) mass is 288 g/mol. The third-order valence-electron chi connectivity index (χ3n) is 1.97. The Bertz CT molecular complexity index is 559. The van der Waals surface area contributed by atoms with Gasteiger partial charge >= 0.3 is 0 Å². The van der Waals surface area contributed by atoms with Gasteiger partial charge in [0.15, 0.2) is 5.82 Å². The summed E-state index contributed by atoms with van der Waals surface area (Å²) < 4.78 is 0. The molecule has 0 aliphatic heterocycles. The lowest BCUT2D eigenvalue weighted by molar-refractivity contribution is 1.18. The average Bonchev–Trinajstić information content (AvgIpc) is 2.30. The normalized spacial score (nSPS) is 10.3. The third-order valence-corrected chi connectivity index (χ3v) is 3.06. The van der Waals surface area contributed by atoms with Crippen molar-refractivity contribution in [3.8, 4) is 0 Å². The van der Waals surface area contributed by atoms with E-state index in [1.807, 2.05) is 0 Å². The van der Waals surface area contributed by atoms with Crippen molar-refractivity contribution in [1.29, 1.82) is 0 Å². The number of aromatic nitrogens is 2. The van der Waals surface area contributed by atoms with Crippen molar-refractivity contribution in [1.82, 2.24) is 9.97 Å². The zero-order valence-corrected chi connectivity index (χ0v) is 10.7. The number of anilines is 3. The van der Waals surface area contributed by atoms with Crippen LogP contribution >= 0.6 is 34.8 Å². The van der Waals surface area contributed by atoms with Gasteiger partial charge in [-0.1, -0.05) is 40.9 Å². The first-order valence-corrected chi connectivity index (χ1v) is 5.70. The molecule has 0 unspecified atom stereocenters. The van der Waals surface area contributed by atoms with Gasteiger partial charge in [-0.15, -0.1) is 0 Å². The minimum Gasteiger partial charge on any atom is -0.368 e. The molecule has 7 heteroatoms. The van der Waals surface area contributed by atoms with Crippen molar-refractivity contribution < 1.29 is 0 Å². The molecule has 0 amide bonds. The topological polar surface area (TPSA) is 63.8 Å². The number of nitrogens with two attached hydrogens (primary N) is 1. The molecule has 0 spiro atoms. The summed E-state index contributed by atoms with van der Waals surface area (Å²) in [5.41, 5.74) is 6.07. The van der Waals surface area contributed by atoms with Crippen molar-refractivity contribution in [2.24, 2.45) is 0 Å². The van der Waals surface area contributed by atoms with Gasteiger partial charge in [0.2, 0.25) is 5.95 Å². The quantitative estimate of drug-likeness (QED) is 0.883. The Hall–Kier alpha value is -1.23. The van der Waals surface area contributed by atoms with Crippen molar-refractivity contribution in [3.63, 3.8) is 0 Å². The van der Waals surface area contributed by atoms with Crippen LogP contribution in [-0.2, 0) is 0 Å². The second kappa shape index (κ2) is 4.96. The molecule has 0 radical (unpaired) electrons. The Balaban J connectivity index is 2.38. The summed E-state index contributed by atoms with van der Waals surface area (Å²) in [6.07, 6.45) is 1.41. The molecule has 2 aromatic rings. The van der Waals surface area contributed by atoms with Gasteiger partial charge in [-0.05, 0) is 12.1 Å². The van der Waals surface area contributed by atoms with Crippen LogP contribution in [-0.4, -0.2) is 9.97 Å².